The third kappa shape index (κ3) is 4.76. The van der Waals surface area contributed by atoms with E-state index in [4.69, 9.17) is 4.52 Å². The number of anilines is 4. The molecule has 0 aliphatic carbocycles. The minimum Gasteiger partial charge on any atom is -0.369 e. The Labute approximate surface area is 207 Å². The molecular weight excluding hydrogens is 461 g/mol. The normalized spacial score (nSPS) is 15.7. The molecule has 9 nitrogen and oxygen atoms in total. The molecule has 1 aliphatic rings. The van der Waals surface area contributed by atoms with Crippen molar-refractivity contribution in [1.82, 2.24) is 20.0 Å². The summed E-state index contributed by atoms with van der Waals surface area (Å²) in [5, 5.41) is 10.1. The lowest BCUT2D eigenvalue weighted by molar-refractivity contribution is -0.111. The van der Waals surface area contributed by atoms with Crippen molar-refractivity contribution >= 4 is 40.0 Å². The number of nitrogens with zero attached hydrogens (tertiary/aromatic N) is 5. The van der Waals surface area contributed by atoms with Crippen LogP contribution in [0.1, 0.15) is 6.42 Å². The van der Waals surface area contributed by atoms with E-state index in [0.717, 1.165) is 25.2 Å². The van der Waals surface area contributed by atoms with Gasteiger partial charge in [0.2, 0.25) is 11.9 Å². The van der Waals surface area contributed by atoms with Crippen molar-refractivity contribution in [1.29, 1.82) is 0 Å². The van der Waals surface area contributed by atoms with Gasteiger partial charge in [0.1, 0.15) is 11.3 Å². The summed E-state index contributed by atoms with van der Waals surface area (Å²) < 4.78 is 19.2. The lowest BCUT2D eigenvalue weighted by Gasteiger charge is -2.29. The molecule has 4 aromatic rings. The first kappa shape index (κ1) is 23.4. The Balaban J connectivity index is 1.45. The number of rotatable bonds is 7. The van der Waals surface area contributed by atoms with E-state index in [2.05, 4.69) is 49.2 Å². The van der Waals surface area contributed by atoms with Crippen molar-refractivity contribution in [2.45, 2.75) is 12.5 Å². The van der Waals surface area contributed by atoms with Gasteiger partial charge in [0.15, 0.2) is 11.3 Å². The third-order valence-electron chi connectivity index (χ3n) is 6.30. The molecule has 0 spiro atoms. The summed E-state index contributed by atoms with van der Waals surface area (Å²) in [4.78, 5) is 25.5. The van der Waals surface area contributed by atoms with Gasteiger partial charge in [-0.15, -0.1) is 0 Å². The topological polar surface area (TPSA) is 99.4 Å². The second-order valence-electron chi connectivity index (χ2n) is 8.82. The number of amides is 1. The molecule has 3 heterocycles. The number of likely N-dealkylation sites (N-methyl/N-ethyl adjacent to an activating group) is 2. The van der Waals surface area contributed by atoms with Crippen LogP contribution < -0.4 is 15.5 Å². The zero-order valence-corrected chi connectivity index (χ0v) is 20.0. The Bertz CT molecular complexity index is 1440. The second-order valence-corrected chi connectivity index (χ2v) is 8.82. The van der Waals surface area contributed by atoms with E-state index in [9.17, 15) is 9.18 Å². The van der Waals surface area contributed by atoms with E-state index >= 15 is 0 Å². The molecule has 0 saturated carbocycles. The minimum absolute atomic E-state index is 0.299. The predicted molar refractivity (Wildman–Crippen MR) is 138 cm³/mol. The van der Waals surface area contributed by atoms with Crippen LogP contribution in [0.25, 0.3) is 22.4 Å². The monoisotopic (exact) mass is 487 g/mol. The molecule has 1 aliphatic heterocycles. The van der Waals surface area contributed by atoms with Crippen molar-refractivity contribution in [2.24, 2.45) is 0 Å². The van der Waals surface area contributed by atoms with Gasteiger partial charge in [-0.3, -0.25) is 4.79 Å². The van der Waals surface area contributed by atoms with Crippen molar-refractivity contribution in [2.75, 3.05) is 42.7 Å². The molecule has 10 heteroatoms. The number of likely N-dealkylation sites (tertiary alicyclic amines) is 1. The standard InChI is InChI=1S/C26H26FN7O2/c1-4-23(35)30-20-13-18(8-9-22(20)34(3)19-10-11-33(2)15-19)29-26-28-14-21-24(31-26)25(36-32-21)16-6-5-7-17(27)12-16/h4-9,12-14,19H,1,10-11,15H2,2-3H3,(H,29,31)(H,30,35). The molecule has 2 N–H and O–H groups in total. The quantitative estimate of drug-likeness (QED) is 0.370. The fourth-order valence-electron chi connectivity index (χ4n) is 4.39. The van der Waals surface area contributed by atoms with E-state index in [1.165, 1.54) is 24.4 Å². The molecule has 5 rings (SSSR count). The van der Waals surface area contributed by atoms with E-state index in [0.29, 0.717) is 45.7 Å². The maximum absolute atomic E-state index is 13.7. The van der Waals surface area contributed by atoms with Gasteiger partial charge in [-0.25, -0.2) is 14.4 Å². The molecule has 1 atom stereocenters. The van der Waals surface area contributed by atoms with Crippen LogP contribution in [0.4, 0.5) is 27.4 Å². The van der Waals surface area contributed by atoms with Crippen LogP contribution in [0.5, 0.6) is 0 Å². The molecule has 2 aromatic carbocycles. The first-order valence-corrected chi connectivity index (χ1v) is 11.6. The largest absolute Gasteiger partial charge is 0.369 e. The van der Waals surface area contributed by atoms with Gasteiger partial charge < -0.3 is 25.0 Å². The molecular formula is C26H26FN7O2. The summed E-state index contributed by atoms with van der Waals surface area (Å²) in [5.74, 6) is -0.0182. The first-order valence-electron chi connectivity index (χ1n) is 11.6. The number of fused-ring (bicyclic) bond motifs is 1. The predicted octanol–water partition coefficient (Wildman–Crippen LogP) is 4.43. The van der Waals surface area contributed by atoms with Crippen LogP contribution in [-0.4, -0.2) is 59.2 Å². The zero-order valence-electron chi connectivity index (χ0n) is 20.0. The van der Waals surface area contributed by atoms with Gasteiger partial charge in [0.25, 0.3) is 0 Å². The van der Waals surface area contributed by atoms with Gasteiger partial charge in [0.05, 0.1) is 17.6 Å². The summed E-state index contributed by atoms with van der Waals surface area (Å²) in [5.41, 5.74) is 3.67. The van der Waals surface area contributed by atoms with Crippen molar-refractivity contribution in [3.63, 3.8) is 0 Å². The van der Waals surface area contributed by atoms with E-state index < -0.39 is 0 Å². The first-order chi connectivity index (χ1) is 17.4. The molecule has 1 unspecified atom stereocenters. The van der Waals surface area contributed by atoms with Gasteiger partial charge in [0, 0.05) is 30.9 Å². The van der Waals surface area contributed by atoms with Gasteiger partial charge in [-0.2, -0.15) is 0 Å². The third-order valence-corrected chi connectivity index (χ3v) is 6.30. The van der Waals surface area contributed by atoms with Crippen molar-refractivity contribution in [3.05, 3.63) is 67.1 Å². The molecule has 1 amide bonds. The van der Waals surface area contributed by atoms with Crippen LogP contribution in [0.3, 0.4) is 0 Å². The number of hydrogen-bond donors (Lipinski definition) is 2. The fraction of sp³-hybridized carbons (Fsp3) is 0.231. The van der Waals surface area contributed by atoms with Gasteiger partial charge >= 0.3 is 0 Å². The Morgan fingerprint density at radius 2 is 2.17 bits per heavy atom. The summed E-state index contributed by atoms with van der Waals surface area (Å²) in [6.45, 7) is 5.55. The Morgan fingerprint density at radius 1 is 1.31 bits per heavy atom. The van der Waals surface area contributed by atoms with Gasteiger partial charge in [-0.1, -0.05) is 23.9 Å². The van der Waals surface area contributed by atoms with E-state index in [-0.39, 0.29) is 11.7 Å². The lowest BCUT2D eigenvalue weighted by Crippen LogP contribution is -2.34. The molecule has 184 valence electrons. The summed E-state index contributed by atoms with van der Waals surface area (Å²) in [6.07, 6.45) is 3.82. The number of aromatic nitrogens is 3. The van der Waals surface area contributed by atoms with E-state index in [1.54, 1.807) is 12.1 Å². The number of benzene rings is 2. The highest BCUT2D eigenvalue weighted by atomic mass is 19.1. The molecule has 1 fully saturated rings. The highest BCUT2D eigenvalue weighted by Crippen LogP contribution is 2.33. The van der Waals surface area contributed by atoms with E-state index in [1.807, 2.05) is 25.2 Å². The second kappa shape index (κ2) is 9.74. The highest BCUT2D eigenvalue weighted by Gasteiger charge is 2.25. The van der Waals surface area contributed by atoms with Crippen molar-refractivity contribution in [3.8, 4) is 11.3 Å². The van der Waals surface area contributed by atoms with Crippen LogP contribution >= 0.6 is 0 Å². The average Bonchev–Trinajstić information content (AvgIpc) is 3.50. The zero-order chi connectivity index (χ0) is 25.2. The van der Waals surface area contributed by atoms with Crippen LogP contribution in [0.2, 0.25) is 0 Å². The van der Waals surface area contributed by atoms with Crippen LogP contribution in [0.15, 0.2) is 65.8 Å². The molecule has 0 radical (unpaired) electrons. The summed E-state index contributed by atoms with van der Waals surface area (Å²) in [6, 6.07) is 12.1. The Kier molecular flexibility index (Phi) is 6.34. The molecule has 36 heavy (non-hydrogen) atoms. The fourth-order valence-corrected chi connectivity index (χ4v) is 4.39. The number of nitrogens with one attached hydrogen (secondary N) is 2. The van der Waals surface area contributed by atoms with Crippen LogP contribution in [-0.2, 0) is 4.79 Å². The molecule has 1 saturated heterocycles. The smallest absolute Gasteiger partial charge is 0.247 e. The van der Waals surface area contributed by atoms with Crippen LogP contribution in [0, 0.1) is 5.82 Å². The maximum Gasteiger partial charge on any atom is 0.247 e. The Morgan fingerprint density at radius 3 is 2.92 bits per heavy atom. The maximum atomic E-state index is 13.7. The highest BCUT2D eigenvalue weighted by molar-refractivity contribution is 6.01. The molecule has 0 bridgehead atoms. The minimum atomic E-state index is -0.382. The number of carbonyl (C=O) groups is 1. The number of hydrogen-bond acceptors (Lipinski definition) is 8. The SMILES string of the molecule is C=CC(=O)Nc1cc(Nc2ncc3noc(-c4cccc(F)c4)c3n2)ccc1N(C)C1CCN(C)C1. The number of halogens is 1. The lowest BCUT2D eigenvalue weighted by atomic mass is 10.1. The number of carbonyl (C=O) groups excluding carboxylic acids is 1. The molecule has 2 aromatic heterocycles. The average molecular weight is 488 g/mol. The summed E-state index contributed by atoms with van der Waals surface area (Å²) >= 11 is 0. The van der Waals surface area contributed by atoms with Gasteiger partial charge in [-0.05, 0) is 56.4 Å². The van der Waals surface area contributed by atoms with Crippen molar-refractivity contribution < 1.29 is 13.7 Å². The summed E-state index contributed by atoms with van der Waals surface area (Å²) in [7, 11) is 4.14. The Hall–Kier alpha value is -4.31.